The topological polar surface area (TPSA) is 47.3 Å². The minimum Gasteiger partial charge on any atom is -0.266 e. The van der Waals surface area contributed by atoms with Gasteiger partial charge in [0, 0.05) is 10.0 Å². The second-order valence-corrected chi connectivity index (χ2v) is 6.89. The normalized spacial score (nSPS) is 12.1. The Labute approximate surface area is 143 Å². The van der Waals surface area contributed by atoms with E-state index in [1.807, 2.05) is 60.7 Å². The van der Waals surface area contributed by atoms with E-state index in [1.54, 1.807) is 0 Å². The summed E-state index contributed by atoms with van der Waals surface area (Å²) in [6.45, 7) is 0. The SMILES string of the molecule is O=c1/c(=C\c2ccccc2)sc2nc(-c3ccc(Br)cc3)nn12. The van der Waals surface area contributed by atoms with Gasteiger partial charge in [0.15, 0.2) is 5.82 Å². The molecule has 0 aliphatic rings. The summed E-state index contributed by atoms with van der Waals surface area (Å²) in [5.41, 5.74) is 1.74. The van der Waals surface area contributed by atoms with Crippen molar-refractivity contribution in [1.29, 1.82) is 0 Å². The second kappa shape index (κ2) is 5.72. The highest BCUT2D eigenvalue weighted by atomic mass is 79.9. The van der Waals surface area contributed by atoms with Crippen molar-refractivity contribution in [2.24, 2.45) is 0 Å². The summed E-state index contributed by atoms with van der Waals surface area (Å²) in [5, 5.41) is 4.34. The van der Waals surface area contributed by atoms with Crippen molar-refractivity contribution in [2.75, 3.05) is 0 Å². The predicted molar refractivity (Wildman–Crippen MR) is 95.5 cm³/mol. The summed E-state index contributed by atoms with van der Waals surface area (Å²) >= 11 is 4.75. The first-order chi connectivity index (χ1) is 11.2. The van der Waals surface area contributed by atoms with Crippen LogP contribution < -0.4 is 10.1 Å². The van der Waals surface area contributed by atoms with Gasteiger partial charge < -0.3 is 0 Å². The van der Waals surface area contributed by atoms with Crippen molar-refractivity contribution < 1.29 is 0 Å². The lowest BCUT2D eigenvalue weighted by Crippen LogP contribution is -2.23. The number of rotatable bonds is 2. The number of hydrogen-bond acceptors (Lipinski definition) is 4. The van der Waals surface area contributed by atoms with Gasteiger partial charge in [-0.2, -0.15) is 9.50 Å². The fourth-order valence-electron chi connectivity index (χ4n) is 2.26. The molecule has 0 radical (unpaired) electrons. The molecular formula is C17H10BrN3OS. The van der Waals surface area contributed by atoms with Gasteiger partial charge in [-0.3, -0.25) is 4.79 Å². The van der Waals surface area contributed by atoms with Gasteiger partial charge >= 0.3 is 0 Å². The van der Waals surface area contributed by atoms with Crippen LogP contribution in [0.3, 0.4) is 0 Å². The van der Waals surface area contributed by atoms with E-state index in [9.17, 15) is 4.79 Å². The third-order valence-electron chi connectivity index (χ3n) is 3.38. The molecule has 0 aliphatic carbocycles. The lowest BCUT2D eigenvalue weighted by molar-refractivity contribution is 0.937. The van der Waals surface area contributed by atoms with Gasteiger partial charge in [-0.1, -0.05) is 69.7 Å². The smallest absolute Gasteiger partial charge is 0.266 e. The highest BCUT2D eigenvalue weighted by Crippen LogP contribution is 2.19. The molecule has 0 saturated carbocycles. The molecular weight excluding hydrogens is 374 g/mol. The maximum atomic E-state index is 12.5. The maximum absolute atomic E-state index is 12.5. The van der Waals surface area contributed by atoms with Crippen molar-refractivity contribution in [2.45, 2.75) is 0 Å². The van der Waals surface area contributed by atoms with Crippen molar-refractivity contribution >= 4 is 38.3 Å². The van der Waals surface area contributed by atoms with Gasteiger partial charge in [0.25, 0.3) is 5.56 Å². The van der Waals surface area contributed by atoms with E-state index in [1.165, 1.54) is 15.9 Å². The summed E-state index contributed by atoms with van der Waals surface area (Å²) in [6.07, 6.45) is 1.86. The Morgan fingerprint density at radius 1 is 1.04 bits per heavy atom. The van der Waals surface area contributed by atoms with Crippen molar-refractivity contribution in [3.63, 3.8) is 0 Å². The van der Waals surface area contributed by atoms with E-state index in [-0.39, 0.29) is 5.56 Å². The molecule has 4 aromatic rings. The molecule has 2 aromatic carbocycles. The molecule has 0 fully saturated rings. The van der Waals surface area contributed by atoms with Gasteiger partial charge in [0.2, 0.25) is 4.96 Å². The second-order valence-electron chi connectivity index (χ2n) is 4.96. The van der Waals surface area contributed by atoms with E-state index in [2.05, 4.69) is 26.0 Å². The molecule has 112 valence electrons. The van der Waals surface area contributed by atoms with E-state index in [0.717, 1.165) is 15.6 Å². The number of thiazole rings is 1. The van der Waals surface area contributed by atoms with Crippen LogP contribution in [0, 0.1) is 0 Å². The van der Waals surface area contributed by atoms with Crippen LogP contribution in [0.25, 0.3) is 22.4 Å². The highest BCUT2D eigenvalue weighted by Gasteiger charge is 2.11. The first kappa shape index (κ1) is 14.3. The Balaban J connectivity index is 1.82. The van der Waals surface area contributed by atoms with Gasteiger partial charge in [-0.25, -0.2) is 0 Å². The molecule has 2 heterocycles. The van der Waals surface area contributed by atoms with Crippen LogP contribution in [-0.2, 0) is 0 Å². The molecule has 2 aromatic heterocycles. The first-order valence-corrected chi connectivity index (χ1v) is 8.54. The van der Waals surface area contributed by atoms with Gasteiger partial charge in [0.1, 0.15) is 0 Å². The van der Waals surface area contributed by atoms with Crippen molar-refractivity contribution in [1.82, 2.24) is 14.6 Å². The third-order valence-corrected chi connectivity index (χ3v) is 4.87. The predicted octanol–water partition coefficient (Wildman–Crippen LogP) is 3.13. The Hall–Kier alpha value is -2.31. The molecule has 0 unspecified atom stereocenters. The standard InChI is InChI=1S/C17H10BrN3OS/c18-13-8-6-12(7-9-13)15-19-17-21(20-15)16(22)14(23-17)10-11-4-2-1-3-5-11/h1-10H/b14-10+. The highest BCUT2D eigenvalue weighted by molar-refractivity contribution is 9.10. The van der Waals surface area contributed by atoms with E-state index in [0.29, 0.717) is 15.3 Å². The molecule has 0 amide bonds. The van der Waals surface area contributed by atoms with Crippen LogP contribution >= 0.6 is 27.3 Å². The summed E-state index contributed by atoms with van der Waals surface area (Å²) in [7, 11) is 0. The zero-order valence-corrected chi connectivity index (χ0v) is 14.2. The van der Waals surface area contributed by atoms with Gasteiger partial charge in [-0.15, -0.1) is 5.10 Å². The summed E-state index contributed by atoms with van der Waals surface area (Å²) in [6, 6.07) is 17.5. The largest absolute Gasteiger partial charge is 0.291 e. The minimum atomic E-state index is -0.135. The molecule has 4 nitrogen and oxygen atoms in total. The Kier molecular flexibility index (Phi) is 3.55. The van der Waals surface area contributed by atoms with Gasteiger partial charge in [0.05, 0.1) is 4.53 Å². The molecule has 0 bridgehead atoms. The lowest BCUT2D eigenvalue weighted by Gasteiger charge is -1.94. The average molecular weight is 384 g/mol. The number of aromatic nitrogens is 3. The summed E-state index contributed by atoms with van der Waals surface area (Å²) in [4.78, 5) is 17.5. The van der Waals surface area contributed by atoms with Crippen molar-refractivity contribution in [3.8, 4) is 11.4 Å². The van der Waals surface area contributed by atoms with Crippen molar-refractivity contribution in [3.05, 3.63) is 79.5 Å². The fourth-order valence-corrected chi connectivity index (χ4v) is 3.43. The van der Waals surface area contributed by atoms with Crippen LogP contribution in [0.1, 0.15) is 5.56 Å². The molecule has 0 N–H and O–H groups in total. The molecule has 4 rings (SSSR count). The molecule has 23 heavy (non-hydrogen) atoms. The van der Waals surface area contributed by atoms with Crippen LogP contribution in [0.4, 0.5) is 0 Å². The molecule has 0 atom stereocenters. The maximum Gasteiger partial charge on any atom is 0.291 e. The number of hydrogen-bond donors (Lipinski definition) is 0. The van der Waals surface area contributed by atoms with Crippen LogP contribution in [0.5, 0.6) is 0 Å². The first-order valence-electron chi connectivity index (χ1n) is 6.93. The zero-order valence-electron chi connectivity index (χ0n) is 11.8. The van der Waals surface area contributed by atoms with Crippen LogP contribution in [0.2, 0.25) is 0 Å². The van der Waals surface area contributed by atoms with Crippen LogP contribution in [-0.4, -0.2) is 14.6 Å². The number of fused-ring (bicyclic) bond motifs is 1. The quantitative estimate of drug-likeness (QED) is 0.534. The lowest BCUT2D eigenvalue weighted by atomic mass is 10.2. The summed E-state index contributed by atoms with van der Waals surface area (Å²) in [5.74, 6) is 0.562. The number of nitrogens with zero attached hydrogens (tertiary/aromatic N) is 3. The Morgan fingerprint density at radius 3 is 2.48 bits per heavy atom. The molecule has 6 heteroatoms. The zero-order chi connectivity index (χ0) is 15.8. The van der Waals surface area contributed by atoms with E-state index < -0.39 is 0 Å². The molecule has 0 spiro atoms. The monoisotopic (exact) mass is 383 g/mol. The van der Waals surface area contributed by atoms with Crippen LogP contribution in [0.15, 0.2) is 63.9 Å². The number of halogens is 1. The minimum absolute atomic E-state index is 0.135. The fraction of sp³-hybridized carbons (Fsp3) is 0. The third kappa shape index (κ3) is 2.71. The average Bonchev–Trinajstić information content (AvgIpc) is 3.10. The number of benzene rings is 2. The van der Waals surface area contributed by atoms with E-state index in [4.69, 9.17) is 0 Å². The molecule has 0 aliphatic heterocycles. The Bertz CT molecular complexity index is 1080. The Morgan fingerprint density at radius 2 is 1.78 bits per heavy atom. The van der Waals surface area contributed by atoms with E-state index >= 15 is 0 Å². The molecule has 0 saturated heterocycles. The van der Waals surface area contributed by atoms with Gasteiger partial charge in [-0.05, 0) is 23.8 Å². The summed E-state index contributed by atoms with van der Waals surface area (Å²) < 4.78 is 3.00.